The summed E-state index contributed by atoms with van der Waals surface area (Å²) in [6.07, 6.45) is 4.32. The third kappa shape index (κ3) is 1.15. The van der Waals surface area contributed by atoms with E-state index in [-0.39, 0.29) is 0 Å². The van der Waals surface area contributed by atoms with Crippen LogP contribution >= 0.6 is 0 Å². The van der Waals surface area contributed by atoms with Crippen LogP contribution in [-0.4, -0.2) is 5.16 Å². The Morgan fingerprint density at radius 3 is 2.64 bits per heavy atom. The summed E-state index contributed by atoms with van der Waals surface area (Å²) in [4.78, 5) is 0. The monoisotopic (exact) mass is 144 g/mol. The Labute approximate surface area is 64.5 Å². The molecule has 2 aromatic rings. The van der Waals surface area contributed by atoms with E-state index < -0.39 is 0 Å². The van der Waals surface area contributed by atoms with Crippen LogP contribution in [0.15, 0.2) is 41.1 Å². The number of nitrogens with zero attached hydrogens (tertiary/aromatic N) is 1. The van der Waals surface area contributed by atoms with Crippen molar-refractivity contribution in [3.05, 3.63) is 42.8 Å². The van der Waals surface area contributed by atoms with Crippen molar-refractivity contribution in [1.29, 1.82) is 0 Å². The molecule has 2 nitrogen and oxygen atoms in total. The molecular formula is C9H6NO-. The van der Waals surface area contributed by atoms with E-state index in [4.69, 9.17) is 0 Å². The molecule has 0 radical (unpaired) electrons. The molecule has 0 N–H and O–H groups in total. The molecule has 11 heavy (non-hydrogen) atoms. The summed E-state index contributed by atoms with van der Waals surface area (Å²) < 4.78 is 4.66. The van der Waals surface area contributed by atoms with Crippen molar-refractivity contribution in [3.63, 3.8) is 0 Å². The second-order valence-corrected chi connectivity index (χ2v) is 2.21. The summed E-state index contributed by atoms with van der Waals surface area (Å²) in [7, 11) is 0. The predicted molar refractivity (Wildman–Crippen MR) is 40.8 cm³/mol. The molecule has 0 amide bonds. The molecule has 0 spiro atoms. The first-order valence-electron chi connectivity index (χ1n) is 3.34. The van der Waals surface area contributed by atoms with Crippen molar-refractivity contribution in [2.75, 3.05) is 0 Å². The molecule has 2 rings (SSSR count). The Balaban J connectivity index is 2.46. The number of hydrogen-bond donors (Lipinski definition) is 0. The molecule has 54 valence electrons. The molecule has 0 unspecified atom stereocenters. The Morgan fingerprint density at radius 2 is 2.00 bits per heavy atom. The van der Waals surface area contributed by atoms with Gasteiger partial charge in [-0.2, -0.15) is 5.16 Å². The van der Waals surface area contributed by atoms with E-state index in [2.05, 4.69) is 15.9 Å². The van der Waals surface area contributed by atoms with E-state index >= 15 is 0 Å². The van der Waals surface area contributed by atoms with Crippen molar-refractivity contribution in [2.45, 2.75) is 0 Å². The maximum absolute atomic E-state index is 4.66. The van der Waals surface area contributed by atoms with E-state index in [1.165, 1.54) is 0 Å². The highest BCUT2D eigenvalue weighted by Gasteiger charge is 1.85. The molecule has 0 saturated heterocycles. The summed E-state index contributed by atoms with van der Waals surface area (Å²) in [6, 6.07) is 9.88. The lowest BCUT2D eigenvalue weighted by Crippen LogP contribution is -1.70. The van der Waals surface area contributed by atoms with Crippen LogP contribution in [0.1, 0.15) is 0 Å². The third-order valence-electron chi connectivity index (χ3n) is 1.47. The Morgan fingerprint density at radius 1 is 1.18 bits per heavy atom. The van der Waals surface area contributed by atoms with Crippen LogP contribution in [0.2, 0.25) is 0 Å². The smallest absolute Gasteiger partial charge is 0.0183 e. The normalized spacial score (nSPS) is 9.82. The first kappa shape index (κ1) is 6.16. The van der Waals surface area contributed by atoms with Gasteiger partial charge in [0.1, 0.15) is 0 Å². The fourth-order valence-electron chi connectivity index (χ4n) is 0.931. The third-order valence-corrected chi connectivity index (χ3v) is 1.47. The minimum absolute atomic E-state index is 0.894. The number of rotatable bonds is 1. The van der Waals surface area contributed by atoms with Crippen molar-refractivity contribution >= 4 is 0 Å². The van der Waals surface area contributed by atoms with Gasteiger partial charge in [-0.25, -0.2) is 0 Å². The molecule has 0 atom stereocenters. The Kier molecular flexibility index (Phi) is 1.44. The van der Waals surface area contributed by atoms with Crippen molar-refractivity contribution < 1.29 is 4.52 Å². The molecule has 0 saturated carbocycles. The summed E-state index contributed by atoms with van der Waals surface area (Å²) in [5, 5.41) is 3.50. The second-order valence-electron chi connectivity index (χ2n) is 2.21. The number of benzene rings is 1. The summed E-state index contributed by atoms with van der Waals surface area (Å²) in [5.74, 6) is 0. The van der Waals surface area contributed by atoms with E-state index in [1.54, 1.807) is 6.26 Å². The quantitative estimate of drug-likeness (QED) is 0.573. The molecule has 0 fully saturated rings. The van der Waals surface area contributed by atoms with Crippen LogP contribution in [0, 0.1) is 6.20 Å². The van der Waals surface area contributed by atoms with Gasteiger partial charge in [0.15, 0.2) is 0 Å². The summed E-state index contributed by atoms with van der Waals surface area (Å²) >= 11 is 0. The lowest BCUT2D eigenvalue weighted by atomic mass is 10.1. The first-order valence-corrected chi connectivity index (χ1v) is 3.34. The van der Waals surface area contributed by atoms with Crippen LogP contribution in [0.25, 0.3) is 11.1 Å². The van der Waals surface area contributed by atoms with Gasteiger partial charge >= 0.3 is 0 Å². The van der Waals surface area contributed by atoms with E-state index in [0.717, 1.165) is 11.1 Å². The van der Waals surface area contributed by atoms with Gasteiger partial charge in [-0.1, -0.05) is 18.2 Å². The zero-order valence-electron chi connectivity index (χ0n) is 5.82. The van der Waals surface area contributed by atoms with Crippen LogP contribution < -0.4 is 0 Å². The zero-order valence-corrected chi connectivity index (χ0v) is 5.82. The van der Waals surface area contributed by atoms with Gasteiger partial charge in [-0.3, -0.25) is 0 Å². The van der Waals surface area contributed by atoms with Crippen molar-refractivity contribution in [1.82, 2.24) is 5.16 Å². The maximum Gasteiger partial charge on any atom is 0.0183 e. The van der Waals surface area contributed by atoms with Gasteiger partial charge in [-0.15, -0.1) is 23.3 Å². The molecule has 1 aromatic carbocycles. The average Bonchev–Trinajstić information content (AvgIpc) is 2.58. The highest BCUT2D eigenvalue weighted by atomic mass is 16.5. The number of hydrogen-bond acceptors (Lipinski definition) is 2. The maximum atomic E-state index is 4.66. The Bertz CT molecular complexity index is 313. The van der Waals surface area contributed by atoms with Gasteiger partial charge in [0.25, 0.3) is 0 Å². The van der Waals surface area contributed by atoms with Crippen LogP contribution in [0.5, 0.6) is 0 Å². The first-order chi connectivity index (χ1) is 5.47. The fourth-order valence-corrected chi connectivity index (χ4v) is 0.931. The highest BCUT2D eigenvalue weighted by molar-refractivity contribution is 5.59. The minimum atomic E-state index is 0.894. The van der Waals surface area contributed by atoms with Gasteiger partial charge in [0, 0.05) is 6.26 Å². The molecule has 1 aromatic heterocycles. The SMILES string of the molecule is [c-]1nocc1-c1ccccc1. The molecule has 2 heteroatoms. The molecule has 0 aliphatic rings. The number of aromatic nitrogens is 1. The molecule has 1 heterocycles. The van der Waals surface area contributed by atoms with Gasteiger partial charge in [0.2, 0.25) is 0 Å². The minimum Gasteiger partial charge on any atom is -0.438 e. The zero-order chi connectivity index (χ0) is 7.52. The second kappa shape index (κ2) is 2.58. The lowest BCUT2D eigenvalue weighted by molar-refractivity contribution is 0.418. The highest BCUT2D eigenvalue weighted by Crippen LogP contribution is 2.16. The molecule has 0 aliphatic heterocycles. The van der Waals surface area contributed by atoms with Crippen LogP contribution in [0.4, 0.5) is 0 Å². The van der Waals surface area contributed by atoms with Gasteiger partial charge in [0.05, 0.1) is 0 Å². The van der Waals surface area contributed by atoms with Gasteiger partial charge < -0.3 is 4.52 Å². The van der Waals surface area contributed by atoms with Crippen LogP contribution in [0.3, 0.4) is 0 Å². The summed E-state index contributed by atoms with van der Waals surface area (Å²) in [5.41, 5.74) is 1.97. The topological polar surface area (TPSA) is 26.0 Å². The Hall–Kier alpha value is -1.57. The van der Waals surface area contributed by atoms with Crippen molar-refractivity contribution in [2.24, 2.45) is 0 Å². The fraction of sp³-hybridized carbons (Fsp3) is 0. The van der Waals surface area contributed by atoms with E-state index in [0.29, 0.717) is 0 Å². The standard InChI is InChI=1S/C9H6NO/c1-2-4-8(5-3-1)9-6-10-11-7-9/h1-5,7H/q-1. The lowest BCUT2D eigenvalue weighted by Gasteiger charge is -2.00. The van der Waals surface area contributed by atoms with E-state index in [9.17, 15) is 0 Å². The van der Waals surface area contributed by atoms with Crippen LogP contribution in [-0.2, 0) is 0 Å². The largest absolute Gasteiger partial charge is 0.438 e. The molecular weight excluding hydrogens is 138 g/mol. The van der Waals surface area contributed by atoms with E-state index in [1.807, 2.05) is 30.3 Å². The van der Waals surface area contributed by atoms with Crippen molar-refractivity contribution in [3.8, 4) is 11.1 Å². The predicted octanol–water partition coefficient (Wildman–Crippen LogP) is 2.14. The molecule has 0 bridgehead atoms. The summed E-state index contributed by atoms with van der Waals surface area (Å²) in [6.45, 7) is 0. The molecule has 0 aliphatic carbocycles. The average molecular weight is 144 g/mol. The van der Waals surface area contributed by atoms with Gasteiger partial charge in [-0.05, 0) is 6.20 Å².